The lowest BCUT2D eigenvalue weighted by molar-refractivity contribution is 0.556. The van der Waals surface area contributed by atoms with Crippen LogP contribution in [0.3, 0.4) is 0 Å². The van der Waals surface area contributed by atoms with Crippen LogP contribution in [0.5, 0.6) is 0 Å². The number of sulfonamides is 1. The van der Waals surface area contributed by atoms with Crippen molar-refractivity contribution < 1.29 is 8.42 Å². The molecule has 0 saturated heterocycles. The van der Waals surface area contributed by atoms with Gasteiger partial charge in [0, 0.05) is 22.0 Å². The van der Waals surface area contributed by atoms with Crippen LogP contribution in [-0.4, -0.2) is 20.3 Å². The number of hydrogen-bond donors (Lipinski definition) is 1. The van der Waals surface area contributed by atoms with Gasteiger partial charge in [-0.25, -0.2) is 13.1 Å². The van der Waals surface area contributed by atoms with Gasteiger partial charge in [0.1, 0.15) is 0 Å². The van der Waals surface area contributed by atoms with Crippen molar-refractivity contribution >= 4 is 44.8 Å². The predicted octanol–water partition coefficient (Wildman–Crippen LogP) is 3.29. The Balaban J connectivity index is 2.97. The molecule has 1 unspecified atom stereocenters. The molecular formula is C10H12Cl3NO2S. The lowest BCUT2D eigenvalue weighted by atomic mass is 10.3. The molecule has 17 heavy (non-hydrogen) atoms. The second-order valence-electron chi connectivity index (χ2n) is 3.61. The average Bonchev–Trinajstić information content (AvgIpc) is 2.15. The quantitative estimate of drug-likeness (QED) is 0.847. The molecular weight excluding hydrogens is 305 g/mol. The van der Waals surface area contributed by atoms with E-state index in [9.17, 15) is 8.42 Å². The monoisotopic (exact) mass is 315 g/mol. The standard InChI is InChI=1S/C10H12Cl3NO2S/c1-7(2-3-11)14-17(15,16)10-5-8(12)4-9(13)6-10/h4-7,14H,2-3H2,1H3. The smallest absolute Gasteiger partial charge is 0.208 e. The highest BCUT2D eigenvalue weighted by atomic mass is 35.5. The Hall–Kier alpha value is -0.000000000000000111. The maximum Gasteiger partial charge on any atom is 0.240 e. The summed E-state index contributed by atoms with van der Waals surface area (Å²) in [6.07, 6.45) is 0.551. The van der Waals surface area contributed by atoms with Crippen molar-refractivity contribution in [3.05, 3.63) is 28.2 Å². The van der Waals surface area contributed by atoms with E-state index in [1.807, 2.05) is 0 Å². The van der Waals surface area contributed by atoms with Crippen LogP contribution in [0.15, 0.2) is 23.1 Å². The molecule has 0 aliphatic heterocycles. The minimum absolute atomic E-state index is 0.0522. The molecule has 3 nitrogen and oxygen atoms in total. The van der Waals surface area contributed by atoms with Crippen LogP contribution in [0.2, 0.25) is 10.0 Å². The van der Waals surface area contributed by atoms with E-state index in [4.69, 9.17) is 34.8 Å². The van der Waals surface area contributed by atoms with Crippen LogP contribution in [0.25, 0.3) is 0 Å². The first-order valence-corrected chi connectivity index (χ1v) is 7.67. The van der Waals surface area contributed by atoms with Gasteiger partial charge in [0.25, 0.3) is 0 Å². The van der Waals surface area contributed by atoms with Crippen molar-refractivity contribution in [1.29, 1.82) is 0 Å². The first-order valence-electron chi connectivity index (χ1n) is 4.89. The Labute approximate surface area is 116 Å². The molecule has 1 N–H and O–H groups in total. The lowest BCUT2D eigenvalue weighted by Crippen LogP contribution is -2.32. The molecule has 1 rings (SSSR count). The summed E-state index contributed by atoms with van der Waals surface area (Å²) in [5, 5.41) is 0.561. The normalized spacial score (nSPS) is 13.6. The molecule has 0 aromatic heterocycles. The summed E-state index contributed by atoms with van der Waals surface area (Å²) in [6.45, 7) is 1.74. The SMILES string of the molecule is CC(CCCl)NS(=O)(=O)c1cc(Cl)cc(Cl)c1. The van der Waals surface area contributed by atoms with Gasteiger partial charge in [-0.1, -0.05) is 23.2 Å². The van der Waals surface area contributed by atoms with E-state index < -0.39 is 10.0 Å². The molecule has 0 radical (unpaired) electrons. The molecule has 0 spiro atoms. The summed E-state index contributed by atoms with van der Waals surface area (Å²) >= 11 is 17.1. The number of benzene rings is 1. The van der Waals surface area contributed by atoms with Gasteiger partial charge >= 0.3 is 0 Å². The molecule has 1 atom stereocenters. The van der Waals surface area contributed by atoms with Gasteiger partial charge in [-0.3, -0.25) is 0 Å². The van der Waals surface area contributed by atoms with Crippen LogP contribution < -0.4 is 4.72 Å². The minimum atomic E-state index is -3.60. The van der Waals surface area contributed by atoms with Crippen LogP contribution in [0.1, 0.15) is 13.3 Å². The van der Waals surface area contributed by atoms with E-state index in [1.165, 1.54) is 18.2 Å². The Bertz CT molecular complexity index is 470. The molecule has 0 saturated carbocycles. The van der Waals surface area contributed by atoms with Gasteiger partial charge in [-0.05, 0) is 31.5 Å². The fourth-order valence-electron chi connectivity index (χ4n) is 1.24. The fourth-order valence-corrected chi connectivity index (χ4v) is 3.57. The molecule has 1 aromatic rings. The highest BCUT2D eigenvalue weighted by Crippen LogP contribution is 2.22. The van der Waals surface area contributed by atoms with Crippen molar-refractivity contribution in [2.24, 2.45) is 0 Å². The third-order valence-electron chi connectivity index (χ3n) is 2.04. The number of halogens is 3. The summed E-state index contributed by atoms with van der Waals surface area (Å²) < 4.78 is 26.4. The molecule has 0 heterocycles. The second-order valence-corrected chi connectivity index (χ2v) is 6.57. The summed E-state index contributed by atoms with van der Waals surface area (Å²) in [5.41, 5.74) is 0. The highest BCUT2D eigenvalue weighted by Gasteiger charge is 2.18. The van der Waals surface area contributed by atoms with Gasteiger partial charge < -0.3 is 0 Å². The number of hydrogen-bond acceptors (Lipinski definition) is 2. The summed E-state index contributed by atoms with van der Waals surface area (Å²) in [4.78, 5) is 0.0522. The van der Waals surface area contributed by atoms with Gasteiger partial charge in [-0.15, -0.1) is 11.6 Å². The maximum atomic E-state index is 12.0. The number of rotatable bonds is 5. The van der Waals surface area contributed by atoms with E-state index in [2.05, 4.69) is 4.72 Å². The van der Waals surface area contributed by atoms with Gasteiger partial charge in [0.15, 0.2) is 0 Å². The van der Waals surface area contributed by atoms with Gasteiger partial charge in [-0.2, -0.15) is 0 Å². The van der Waals surface area contributed by atoms with Crippen LogP contribution in [0.4, 0.5) is 0 Å². The Morgan fingerprint density at radius 2 is 1.76 bits per heavy atom. The predicted molar refractivity (Wildman–Crippen MR) is 71.6 cm³/mol. The summed E-state index contributed by atoms with van der Waals surface area (Å²) in [6, 6.07) is 3.94. The highest BCUT2D eigenvalue weighted by molar-refractivity contribution is 7.89. The number of alkyl halides is 1. The second kappa shape index (κ2) is 6.25. The number of nitrogens with one attached hydrogen (secondary N) is 1. The molecule has 1 aromatic carbocycles. The Kier molecular flexibility index (Phi) is 5.54. The molecule has 0 bridgehead atoms. The van der Waals surface area contributed by atoms with E-state index in [1.54, 1.807) is 6.92 Å². The largest absolute Gasteiger partial charge is 0.240 e. The zero-order valence-electron chi connectivity index (χ0n) is 9.08. The zero-order valence-corrected chi connectivity index (χ0v) is 12.2. The Morgan fingerprint density at radius 1 is 1.24 bits per heavy atom. The molecule has 7 heteroatoms. The van der Waals surface area contributed by atoms with E-state index in [0.717, 1.165) is 0 Å². The minimum Gasteiger partial charge on any atom is -0.208 e. The van der Waals surface area contributed by atoms with E-state index >= 15 is 0 Å². The first kappa shape index (κ1) is 15.1. The van der Waals surface area contributed by atoms with E-state index in [0.29, 0.717) is 12.3 Å². The molecule has 96 valence electrons. The van der Waals surface area contributed by atoms with Crippen molar-refractivity contribution in [3.63, 3.8) is 0 Å². The molecule has 0 aliphatic rings. The molecule has 0 fully saturated rings. The fraction of sp³-hybridized carbons (Fsp3) is 0.400. The van der Waals surface area contributed by atoms with Crippen molar-refractivity contribution in [3.8, 4) is 0 Å². The maximum absolute atomic E-state index is 12.0. The third kappa shape index (κ3) is 4.64. The van der Waals surface area contributed by atoms with Gasteiger partial charge in [0.2, 0.25) is 10.0 Å². The van der Waals surface area contributed by atoms with Crippen LogP contribution in [-0.2, 0) is 10.0 Å². The topological polar surface area (TPSA) is 46.2 Å². The average molecular weight is 317 g/mol. The Morgan fingerprint density at radius 3 is 2.24 bits per heavy atom. The first-order chi connectivity index (χ1) is 7.85. The molecule has 0 amide bonds. The lowest BCUT2D eigenvalue weighted by Gasteiger charge is -2.13. The van der Waals surface area contributed by atoms with Gasteiger partial charge in [0.05, 0.1) is 4.90 Å². The zero-order chi connectivity index (χ0) is 13.1. The van der Waals surface area contributed by atoms with E-state index in [-0.39, 0.29) is 21.0 Å². The van der Waals surface area contributed by atoms with Crippen molar-refractivity contribution in [2.75, 3.05) is 5.88 Å². The summed E-state index contributed by atoms with van der Waals surface area (Å²) in [7, 11) is -3.60. The van der Waals surface area contributed by atoms with Crippen LogP contribution >= 0.6 is 34.8 Å². The van der Waals surface area contributed by atoms with Crippen molar-refractivity contribution in [2.45, 2.75) is 24.3 Å². The van der Waals surface area contributed by atoms with Crippen molar-refractivity contribution in [1.82, 2.24) is 4.72 Å². The third-order valence-corrected chi connectivity index (χ3v) is 4.27. The van der Waals surface area contributed by atoms with Crippen LogP contribution in [0, 0.1) is 0 Å². The summed E-state index contributed by atoms with van der Waals surface area (Å²) in [5.74, 6) is 0.389. The molecule has 0 aliphatic carbocycles.